The Bertz CT molecular complexity index is 444. The minimum absolute atomic E-state index is 0.0685. The van der Waals surface area contributed by atoms with Gasteiger partial charge in [0.05, 0.1) is 24.5 Å². The van der Waals surface area contributed by atoms with Gasteiger partial charge in [-0.1, -0.05) is 0 Å². The quantitative estimate of drug-likeness (QED) is 0.871. The van der Waals surface area contributed by atoms with E-state index in [1.807, 2.05) is 13.8 Å². The molecule has 0 radical (unpaired) electrons. The standard InChI is InChI=1S/C14H24N4O2/c1-11(2)18-9-12(8-16-18)14(19)15-5-4-13-10-17(3)6-7-20-13/h8-9,11,13H,4-7,10H2,1-3H3,(H,15,19). The molecule has 0 saturated carbocycles. The van der Waals surface area contributed by atoms with Crippen molar-refractivity contribution in [2.24, 2.45) is 0 Å². The molecule has 1 N–H and O–H groups in total. The molecular formula is C14H24N4O2. The molecule has 0 aromatic carbocycles. The lowest BCUT2D eigenvalue weighted by Crippen LogP contribution is -2.41. The summed E-state index contributed by atoms with van der Waals surface area (Å²) in [7, 11) is 2.09. The van der Waals surface area contributed by atoms with E-state index in [4.69, 9.17) is 4.74 Å². The topological polar surface area (TPSA) is 59.4 Å². The molecule has 0 bridgehead atoms. The van der Waals surface area contributed by atoms with Crippen molar-refractivity contribution in [3.63, 3.8) is 0 Å². The molecule has 0 aliphatic carbocycles. The molecule has 1 aliphatic heterocycles. The van der Waals surface area contributed by atoms with Crippen molar-refractivity contribution >= 4 is 5.91 Å². The highest BCUT2D eigenvalue weighted by molar-refractivity contribution is 5.93. The fourth-order valence-electron chi connectivity index (χ4n) is 2.23. The molecule has 2 heterocycles. The highest BCUT2D eigenvalue weighted by Gasteiger charge is 2.17. The van der Waals surface area contributed by atoms with Gasteiger partial charge in [0, 0.05) is 31.9 Å². The third-order valence-electron chi connectivity index (χ3n) is 3.49. The predicted molar refractivity (Wildman–Crippen MR) is 76.8 cm³/mol. The molecule has 6 heteroatoms. The summed E-state index contributed by atoms with van der Waals surface area (Å²) in [5.41, 5.74) is 0.611. The maximum atomic E-state index is 12.0. The lowest BCUT2D eigenvalue weighted by Gasteiger charge is -2.30. The number of morpholine rings is 1. The molecule has 1 fully saturated rings. The van der Waals surface area contributed by atoms with E-state index in [-0.39, 0.29) is 18.1 Å². The molecule has 112 valence electrons. The Balaban J connectivity index is 1.74. The van der Waals surface area contributed by atoms with Gasteiger partial charge >= 0.3 is 0 Å². The number of hydrogen-bond acceptors (Lipinski definition) is 4. The summed E-state index contributed by atoms with van der Waals surface area (Å²) < 4.78 is 7.45. The van der Waals surface area contributed by atoms with Crippen LogP contribution in [0.4, 0.5) is 0 Å². The van der Waals surface area contributed by atoms with E-state index in [2.05, 4.69) is 22.4 Å². The molecule has 1 aromatic heterocycles. The Morgan fingerprint density at radius 3 is 3.05 bits per heavy atom. The third-order valence-corrected chi connectivity index (χ3v) is 3.49. The van der Waals surface area contributed by atoms with Crippen LogP contribution in [0.2, 0.25) is 0 Å². The van der Waals surface area contributed by atoms with E-state index in [1.54, 1.807) is 17.1 Å². The number of carbonyl (C=O) groups is 1. The van der Waals surface area contributed by atoms with Gasteiger partial charge in [-0.05, 0) is 27.3 Å². The van der Waals surface area contributed by atoms with Crippen LogP contribution in [0.15, 0.2) is 12.4 Å². The number of carbonyl (C=O) groups excluding carboxylic acids is 1. The molecule has 1 saturated heterocycles. The SMILES string of the molecule is CC(C)n1cc(C(=O)NCCC2CN(C)CCO2)cn1. The minimum Gasteiger partial charge on any atom is -0.375 e. The fraction of sp³-hybridized carbons (Fsp3) is 0.714. The molecule has 1 amide bonds. The van der Waals surface area contributed by atoms with Crippen molar-refractivity contribution < 1.29 is 9.53 Å². The second-order valence-corrected chi connectivity index (χ2v) is 5.60. The Morgan fingerprint density at radius 2 is 2.40 bits per heavy atom. The molecular weight excluding hydrogens is 256 g/mol. The van der Waals surface area contributed by atoms with Crippen molar-refractivity contribution in [1.29, 1.82) is 0 Å². The molecule has 1 atom stereocenters. The Morgan fingerprint density at radius 1 is 1.60 bits per heavy atom. The monoisotopic (exact) mass is 280 g/mol. The average molecular weight is 280 g/mol. The molecule has 0 spiro atoms. The smallest absolute Gasteiger partial charge is 0.254 e. The van der Waals surface area contributed by atoms with Crippen LogP contribution in [0.3, 0.4) is 0 Å². The highest BCUT2D eigenvalue weighted by Crippen LogP contribution is 2.07. The number of likely N-dealkylation sites (N-methyl/N-ethyl adjacent to an activating group) is 1. The molecule has 1 aromatic rings. The second kappa shape index (κ2) is 6.85. The average Bonchev–Trinajstić information content (AvgIpc) is 2.88. The molecule has 1 unspecified atom stereocenters. The number of amides is 1. The van der Waals surface area contributed by atoms with Crippen LogP contribution in [0.1, 0.15) is 36.7 Å². The summed E-state index contributed by atoms with van der Waals surface area (Å²) in [6, 6.07) is 0.266. The Kier molecular flexibility index (Phi) is 5.14. The van der Waals surface area contributed by atoms with Gasteiger partial charge in [-0.15, -0.1) is 0 Å². The van der Waals surface area contributed by atoms with Crippen LogP contribution in [0, 0.1) is 0 Å². The van der Waals surface area contributed by atoms with Crippen molar-refractivity contribution in [2.75, 3.05) is 33.3 Å². The van der Waals surface area contributed by atoms with E-state index in [1.165, 1.54) is 0 Å². The Hall–Kier alpha value is -1.40. The zero-order valence-corrected chi connectivity index (χ0v) is 12.5. The van der Waals surface area contributed by atoms with Crippen molar-refractivity contribution in [3.05, 3.63) is 18.0 Å². The maximum absolute atomic E-state index is 12.0. The number of hydrogen-bond donors (Lipinski definition) is 1. The van der Waals surface area contributed by atoms with E-state index in [0.29, 0.717) is 12.1 Å². The van der Waals surface area contributed by atoms with Gasteiger partial charge in [0.25, 0.3) is 5.91 Å². The van der Waals surface area contributed by atoms with Gasteiger partial charge in [-0.25, -0.2) is 0 Å². The van der Waals surface area contributed by atoms with Crippen LogP contribution in [0.25, 0.3) is 0 Å². The van der Waals surface area contributed by atoms with Crippen LogP contribution < -0.4 is 5.32 Å². The highest BCUT2D eigenvalue weighted by atomic mass is 16.5. The van der Waals surface area contributed by atoms with Crippen molar-refractivity contribution in [3.8, 4) is 0 Å². The van der Waals surface area contributed by atoms with Gasteiger partial charge in [0.15, 0.2) is 0 Å². The Labute approximate surface area is 120 Å². The van der Waals surface area contributed by atoms with Gasteiger partial charge in [-0.3, -0.25) is 9.48 Å². The normalized spacial score (nSPS) is 20.3. The summed E-state index contributed by atoms with van der Waals surface area (Å²) in [6.07, 6.45) is 4.45. The largest absolute Gasteiger partial charge is 0.375 e. The van der Waals surface area contributed by atoms with Gasteiger partial charge in [0.2, 0.25) is 0 Å². The fourth-order valence-corrected chi connectivity index (χ4v) is 2.23. The molecule has 2 rings (SSSR count). The van der Waals surface area contributed by atoms with Crippen LogP contribution in [-0.2, 0) is 4.74 Å². The molecule has 1 aliphatic rings. The van der Waals surface area contributed by atoms with Gasteiger partial charge in [-0.2, -0.15) is 5.10 Å². The summed E-state index contributed by atoms with van der Waals surface area (Å²) in [5.74, 6) is -0.0685. The number of rotatable bonds is 5. The molecule has 20 heavy (non-hydrogen) atoms. The van der Waals surface area contributed by atoms with Gasteiger partial charge in [0.1, 0.15) is 0 Å². The lowest BCUT2D eigenvalue weighted by molar-refractivity contribution is -0.0226. The van der Waals surface area contributed by atoms with Crippen molar-refractivity contribution in [1.82, 2.24) is 20.0 Å². The molecule has 6 nitrogen and oxygen atoms in total. The summed E-state index contributed by atoms with van der Waals surface area (Å²) in [5, 5.41) is 7.09. The van der Waals surface area contributed by atoms with Gasteiger partial charge < -0.3 is 15.0 Å². The first-order chi connectivity index (χ1) is 9.56. The van der Waals surface area contributed by atoms with Crippen molar-refractivity contribution in [2.45, 2.75) is 32.4 Å². The van der Waals surface area contributed by atoms with Crippen LogP contribution in [0.5, 0.6) is 0 Å². The van der Waals surface area contributed by atoms with E-state index in [0.717, 1.165) is 26.1 Å². The minimum atomic E-state index is -0.0685. The first kappa shape index (κ1) is 15.0. The number of nitrogens with one attached hydrogen (secondary N) is 1. The number of nitrogens with zero attached hydrogens (tertiary/aromatic N) is 3. The third kappa shape index (κ3) is 4.05. The zero-order valence-electron chi connectivity index (χ0n) is 12.5. The number of aromatic nitrogens is 2. The maximum Gasteiger partial charge on any atom is 0.254 e. The zero-order chi connectivity index (χ0) is 14.5. The van der Waals surface area contributed by atoms with E-state index < -0.39 is 0 Å². The van der Waals surface area contributed by atoms with E-state index >= 15 is 0 Å². The summed E-state index contributed by atoms with van der Waals surface area (Å²) in [6.45, 7) is 7.38. The second-order valence-electron chi connectivity index (χ2n) is 5.60. The first-order valence-electron chi connectivity index (χ1n) is 7.18. The summed E-state index contributed by atoms with van der Waals surface area (Å²) in [4.78, 5) is 14.2. The first-order valence-corrected chi connectivity index (χ1v) is 7.18. The number of ether oxygens (including phenoxy) is 1. The van der Waals surface area contributed by atoms with Crippen LogP contribution >= 0.6 is 0 Å². The van der Waals surface area contributed by atoms with Crippen LogP contribution in [-0.4, -0.2) is 60.0 Å². The lowest BCUT2D eigenvalue weighted by atomic mass is 10.2. The predicted octanol–water partition coefficient (Wildman–Crippen LogP) is 0.914. The van der Waals surface area contributed by atoms with E-state index in [9.17, 15) is 4.79 Å². The summed E-state index contributed by atoms with van der Waals surface area (Å²) >= 11 is 0.